The van der Waals surface area contributed by atoms with Crippen LogP contribution in [-0.4, -0.2) is 25.3 Å². The summed E-state index contributed by atoms with van der Waals surface area (Å²) in [6.07, 6.45) is 1.86. The molecule has 0 saturated heterocycles. The first kappa shape index (κ1) is 15.8. The van der Waals surface area contributed by atoms with Crippen molar-refractivity contribution in [1.82, 2.24) is 0 Å². The highest BCUT2D eigenvalue weighted by molar-refractivity contribution is 9.10. The Morgan fingerprint density at radius 3 is 2.37 bits per heavy atom. The van der Waals surface area contributed by atoms with Gasteiger partial charge in [-0.25, -0.2) is 0 Å². The van der Waals surface area contributed by atoms with Crippen molar-refractivity contribution in [3.63, 3.8) is 0 Å². The standard InChI is InChI=1S/C14H19BrO4/c1-4-5-9(6-14(16)17)10-7-12(18-2)13(19-3)8-11(10)15/h7-9H,4-6H2,1-3H3,(H,16,17). The molecule has 0 aromatic heterocycles. The molecule has 0 heterocycles. The average molecular weight is 331 g/mol. The number of methoxy groups -OCH3 is 2. The summed E-state index contributed by atoms with van der Waals surface area (Å²) in [5.41, 5.74) is 0.946. The molecular formula is C14H19BrO4. The molecular weight excluding hydrogens is 312 g/mol. The molecule has 106 valence electrons. The molecule has 4 nitrogen and oxygen atoms in total. The predicted octanol–water partition coefficient (Wildman–Crippen LogP) is 3.82. The minimum absolute atomic E-state index is 0.0309. The largest absolute Gasteiger partial charge is 0.493 e. The van der Waals surface area contributed by atoms with Gasteiger partial charge in [-0.2, -0.15) is 0 Å². The van der Waals surface area contributed by atoms with Gasteiger partial charge in [-0.15, -0.1) is 0 Å². The molecule has 5 heteroatoms. The van der Waals surface area contributed by atoms with Gasteiger partial charge < -0.3 is 14.6 Å². The van der Waals surface area contributed by atoms with E-state index in [0.717, 1.165) is 22.9 Å². The second-order valence-corrected chi connectivity index (χ2v) is 5.17. The van der Waals surface area contributed by atoms with Crippen molar-refractivity contribution in [3.8, 4) is 11.5 Å². The van der Waals surface area contributed by atoms with Crippen LogP contribution in [0, 0.1) is 0 Å². The molecule has 19 heavy (non-hydrogen) atoms. The summed E-state index contributed by atoms with van der Waals surface area (Å²) in [5.74, 6) is 0.424. The van der Waals surface area contributed by atoms with Gasteiger partial charge in [0.15, 0.2) is 11.5 Å². The maximum Gasteiger partial charge on any atom is 0.303 e. The van der Waals surface area contributed by atoms with Crippen LogP contribution in [0.3, 0.4) is 0 Å². The van der Waals surface area contributed by atoms with Crippen molar-refractivity contribution in [2.75, 3.05) is 14.2 Å². The van der Waals surface area contributed by atoms with Crippen LogP contribution in [-0.2, 0) is 4.79 Å². The fourth-order valence-electron chi connectivity index (χ4n) is 2.11. The van der Waals surface area contributed by atoms with Gasteiger partial charge in [0.25, 0.3) is 0 Å². The van der Waals surface area contributed by atoms with Gasteiger partial charge in [-0.05, 0) is 30.0 Å². The molecule has 1 aromatic carbocycles. The SMILES string of the molecule is CCCC(CC(=O)O)c1cc(OC)c(OC)cc1Br. The Balaban J connectivity index is 3.17. The quantitative estimate of drug-likeness (QED) is 0.825. The molecule has 0 aliphatic rings. The Morgan fingerprint density at radius 2 is 1.89 bits per heavy atom. The lowest BCUT2D eigenvalue weighted by molar-refractivity contribution is -0.137. The summed E-state index contributed by atoms with van der Waals surface area (Å²) >= 11 is 3.48. The molecule has 1 N–H and O–H groups in total. The number of carboxylic acids is 1. The maximum atomic E-state index is 11.0. The first-order chi connectivity index (χ1) is 9.03. The zero-order chi connectivity index (χ0) is 14.4. The first-order valence-corrected chi connectivity index (χ1v) is 6.95. The van der Waals surface area contributed by atoms with Crippen LogP contribution < -0.4 is 9.47 Å². The zero-order valence-electron chi connectivity index (χ0n) is 11.4. The van der Waals surface area contributed by atoms with Gasteiger partial charge in [0.1, 0.15) is 0 Å². The molecule has 0 aliphatic heterocycles. The Morgan fingerprint density at radius 1 is 1.32 bits per heavy atom. The van der Waals surface area contributed by atoms with Crippen molar-refractivity contribution in [2.45, 2.75) is 32.1 Å². The monoisotopic (exact) mass is 330 g/mol. The second-order valence-electron chi connectivity index (χ2n) is 4.31. The number of halogens is 1. The molecule has 0 amide bonds. The lowest BCUT2D eigenvalue weighted by Crippen LogP contribution is -2.07. The molecule has 0 aliphatic carbocycles. The fourth-order valence-corrected chi connectivity index (χ4v) is 2.76. The lowest BCUT2D eigenvalue weighted by atomic mass is 9.91. The van der Waals surface area contributed by atoms with E-state index in [1.54, 1.807) is 14.2 Å². The van der Waals surface area contributed by atoms with Gasteiger partial charge in [-0.1, -0.05) is 29.3 Å². The Labute approximate surface area is 121 Å². The summed E-state index contributed by atoms with van der Waals surface area (Å²) in [6.45, 7) is 2.05. The van der Waals surface area contributed by atoms with E-state index < -0.39 is 5.97 Å². The minimum atomic E-state index is -0.792. The molecule has 0 saturated carbocycles. The van der Waals surface area contributed by atoms with E-state index in [4.69, 9.17) is 14.6 Å². The third-order valence-electron chi connectivity index (χ3n) is 3.00. The van der Waals surface area contributed by atoms with Gasteiger partial charge in [-0.3, -0.25) is 4.79 Å². The number of ether oxygens (including phenoxy) is 2. The number of benzene rings is 1. The normalized spacial score (nSPS) is 12.0. The van der Waals surface area contributed by atoms with Crippen molar-refractivity contribution in [3.05, 3.63) is 22.2 Å². The minimum Gasteiger partial charge on any atom is -0.493 e. The van der Waals surface area contributed by atoms with E-state index in [1.165, 1.54) is 0 Å². The molecule has 0 spiro atoms. The number of carbonyl (C=O) groups is 1. The van der Waals surface area contributed by atoms with Crippen LogP contribution in [0.25, 0.3) is 0 Å². The van der Waals surface area contributed by atoms with Gasteiger partial charge in [0, 0.05) is 4.47 Å². The van der Waals surface area contributed by atoms with E-state index in [2.05, 4.69) is 15.9 Å². The van der Waals surface area contributed by atoms with Crippen LogP contribution in [0.2, 0.25) is 0 Å². The number of carboxylic acid groups (broad SMARTS) is 1. The van der Waals surface area contributed by atoms with Crippen molar-refractivity contribution in [2.24, 2.45) is 0 Å². The summed E-state index contributed by atoms with van der Waals surface area (Å²) in [7, 11) is 3.15. The average Bonchev–Trinajstić information content (AvgIpc) is 2.37. The van der Waals surface area contributed by atoms with Crippen LogP contribution in [0.1, 0.15) is 37.7 Å². The Kier molecular flexibility index (Phi) is 6.15. The van der Waals surface area contributed by atoms with E-state index in [-0.39, 0.29) is 12.3 Å². The Hall–Kier alpha value is -1.23. The third-order valence-corrected chi connectivity index (χ3v) is 3.69. The van der Waals surface area contributed by atoms with Crippen LogP contribution in [0.5, 0.6) is 11.5 Å². The molecule has 1 rings (SSSR count). The van der Waals surface area contributed by atoms with E-state index in [9.17, 15) is 4.79 Å². The smallest absolute Gasteiger partial charge is 0.303 e. The fraction of sp³-hybridized carbons (Fsp3) is 0.500. The lowest BCUT2D eigenvalue weighted by Gasteiger charge is -2.18. The molecule has 0 bridgehead atoms. The third kappa shape index (κ3) is 4.13. The van der Waals surface area contributed by atoms with Gasteiger partial charge in [0.05, 0.1) is 20.6 Å². The highest BCUT2D eigenvalue weighted by Gasteiger charge is 2.20. The second kappa shape index (κ2) is 7.38. The topological polar surface area (TPSA) is 55.8 Å². The Bertz CT molecular complexity index is 445. The zero-order valence-corrected chi connectivity index (χ0v) is 13.0. The van der Waals surface area contributed by atoms with Gasteiger partial charge in [0.2, 0.25) is 0 Å². The molecule has 1 unspecified atom stereocenters. The van der Waals surface area contributed by atoms with Crippen molar-refractivity contribution < 1.29 is 19.4 Å². The summed E-state index contributed by atoms with van der Waals surface area (Å²) in [5, 5.41) is 9.02. The highest BCUT2D eigenvalue weighted by atomic mass is 79.9. The molecule has 0 radical (unpaired) electrons. The number of hydrogen-bond acceptors (Lipinski definition) is 3. The predicted molar refractivity (Wildman–Crippen MR) is 77.1 cm³/mol. The summed E-state index contributed by atoms with van der Waals surface area (Å²) < 4.78 is 11.3. The van der Waals surface area contributed by atoms with Crippen LogP contribution in [0.15, 0.2) is 16.6 Å². The van der Waals surface area contributed by atoms with Crippen LogP contribution in [0.4, 0.5) is 0 Å². The first-order valence-electron chi connectivity index (χ1n) is 6.16. The number of hydrogen-bond donors (Lipinski definition) is 1. The maximum absolute atomic E-state index is 11.0. The van der Waals surface area contributed by atoms with Crippen LogP contribution >= 0.6 is 15.9 Å². The van der Waals surface area contributed by atoms with E-state index in [1.807, 2.05) is 19.1 Å². The van der Waals surface area contributed by atoms with Crippen molar-refractivity contribution in [1.29, 1.82) is 0 Å². The van der Waals surface area contributed by atoms with Crippen molar-refractivity contribution >= 4 is 21.9 Å². The number of rotatable bonds is 7. The van der Waals surface area contributed by atoms with Gasteiger partial charge >= 0.3 is 5.97 Å². The summed E-state index contributed by atoms with van der Waals surface area (Å²) in [6, 6.07) is 3.67. The molecule has 1 atom stereocenters. The molecule has 1 aromatic rings. The summed E-state index contributed by atoms with van der Waals surface area (Å²) in [4.78, 5) is 11.0. The number of aliphatic carboxylic acids is 1. The highest BCUT2D eigenvalue weighted by Crippen LogP contribution is 2.39. The van der Waals surface area contributed by atoms with E-state index >= 15 is 0 Å². The van der Waals surface area contributed by atoms with E-state index in [0.29, 0.717) is 11.5 Å². The molecule has 0 fully saturated rings.